The molecule has 2 atom stereocenters. The molecule has 0 fully saturated rings. The molecule has 0 saturated carbocycles. The highest BCUT2D eigenvalue weighted by Gasteiger charge is 2.07. The summed E-state index contributed by atoms with van der Waals surface area (Å²) in [4.78, 5) is 35.8. The van der Waals surface area contributed by atoms with E-state index < -0.39 is 27.5 Å². The minimum Gasteiger partial charge on any atom is -0.779 e. The second-order valence-electron chi connectivity index (χ2n) is 1.72. The smallest absolute Gasteiger partial charge is 0.132 e. The summed E-state index contributed by atoms with van der Waals surface area (Å²) in [5.41, 5.74) is 0. The van der Waals surface area contributed by atoms with Gasteiger partial charge in [-0.1, -0.05) is 0 Å². The summed E-state index contributed by atoms with van der Waals surface area (Å²) in [7, 11) is -9.09. The van der Waals surface area contributed by atoms with Crippen LogP contribution in [0.2, 0.25) is 0 Å². The van der Waals surface area contributed by atoms with Crippen molar-refractivity contribution in [2.45, 2.75) is 0 Å². The highest BCUT2D eigenvalue weighted by atomic mass is 31.2. The van der Waals surface area contributed by atoms with Gasteiger partial charge in [0.05, 0.1) is 0 Å². The second-order valence-corrected chi connectivity index (χ2v) is 5.17. The average Bonchev–Trinajstić information content (AvgIpc) is 1.57. The summed E-state index contributed by atoms with van der Waals surface area (Å²) in [5, 5.41) is 0. The van der Waals surface area contributed by atoms with E-state index in [0.29, 0.717) is 0 Å². The van der Waals surface area contributed by atoms with Gasteiger partial charge in [-0.15, -0.1) is 0 Å². The number of hydrogen-bond donors (Lipinski definition) is 2. The van der Waals surface area contributed by atoms with Crippen molar-refractivity contribution in [2.75, 3.05) is 12.3 Å². The maximum absolute atomic E-state index is 9.89. The number of rotatable bonds is 3. The van der Waals surface area contributed by atoms with Crippen molar-refractivity contribution >= 4 is 15.2 Å². The van der Waals surface area contributed by atoms with E-state index in [9.17, 15) is 18.9 Å². The molecule has 0 spiro atoms. The first-order valence-corrected chi connectivity index (χ1v) is 5.79. The topological polar surface area (TPSA) is 121 Å². The molecule has 0 heterocycles. The van der Waals surface area contributed by atoms with Gasteiger partial charge in [0.15, 0.2) is 0 Å². The van der Waals surface area contributed by atoms with Crippen molar-refractivity contribution in [3.63, 3.8) is 0 Å². The lowest BCUT2D eigenvalue weighted by Gasteiger charge is -2.20. The lowest BCUT2D eigenvalue weighted by Crippen LogP contribution is -2.11. The molecular weight excluding hydrogens is 182 g/mol. The monoisotopic (exact) mass is 188 g/mol. The molecule has 0 aromatic carbocycles. The highest BCUT2D eigenvalue weighted by molar-refractivity contribution is 7.54. The van der Waals surface area contributed by atoms with E-state index in [1.54, 1.807) is 0 Å². The zero-order valence-corrected chi connectivity index (χ0v) is 6.62. The fourth-order valence-electron chi connectivity index (χ4n) is 0.253. The first-order chi connectivity index (χ1) is 4.21. The third-order valence-electron chi connectivity index (χ3n) is 0.665. The van der Waals surface area contributed by atoms with Crippen molar-refractivity contribution in [2.24, 2.45) is 0 Å². The summed E-state index contributed by atoms with van der Waals surface area (Å²) in [6, 6.07) is 0. The van der Waals surface area contributed by atoms with Gasteiger partial charge in [-0.25, -0.2) is 0 Å². The van der Waals surface area contributed by atoms with Crippen LogP contribution in [-0.2, 0) is 9.13 Å². The fraction of sp³-hybridized carbons (Fsp3) is 1.00. The largest absolute Gasteiger partial charge is 0.779 e. The molecule has 2 unspecified atom stereocenters. The molecule has 0 amide bonds. The SMILES string of the molecule is O=P([O-])(O)CCP(=O)([O-])O. The zero-order chi connectivity index (χ0) is 8.41. The molecule has 10 heavy (non-hydrogen) atoms. The summed E-state index contributed by atoms with van der Waals surface area (Å²) >= 11 is 0. The molecule has 0 aliphatic carbocycles. The molecule has 0 rings (SSSR count). The Balaban J connectivity index is 3.79. The predicted octanol–water partition coefficient (Wildman–Crippen LogP) is -1.92. The van der Waals surface area contributed by atoms with Gasteiger partial charge in [0, 0.05) is 12.3 Å². The van der Waals surface area contributed by atoms with Gasteiger partial charge in [0.25, 0.3) is 0 Å². The van der Waals surface area contributed by atoms with Crippen LogP contribution in [0, 0.1) is 0 Å². The van der Waals surface area contributed by atoms with E-state index >= 15 is 0 Å². The van der Waals surface area contributed by atoms with Crippen LogP contribution in [0.5, 0.6) is 0 Å². The highest BCUT2D eigenvalue weighted by Crippen LogP contribution is 2.37. The second kappa shape index (κ2) is 3.13. The summed E-state index contributed by atoms with van der Waals surface area (Å²) < 4.78 is 19.8. The van der Waals surface area contributed by atoms with Crippen LogP contribution >= 0.6 is 15.2 Å². The van der Waals surface area contributed by atoms with Gasteiger partial charge in [-0.2, -0.15) is 0 Å². The third-order valence-corrected chi connectivity index (χ3v) is 2.60. The average molecular weight is 188 g/mol. The Morgan fingerprint density at radius 2 is 1.20 bits per heavy atom. The summed E-state index contributed by atoms with van der Waals surface area (Å²) in [6.45, 7) is 0. The molecule has 0 bridgehead atoms. The normalized spacial score (nSPS) is 23.2. The van der Waals surface area contributed by atoms with Crippen LogP contribution in [0.25, 0.3) is 0 Å². The van der Waals surface area contributed by atoms with Gasteiger partial charge >= 0.3 is 0 Å². The first-order valence-electron chi connectivity index (χ1n) is 2.26. The third kappa shape index (κ3) is 8.30. The molecule has 6 nitrogen and oxygen atoms in total. The van der Waals surface area contributed by atoms with Crippen LogP contribution in [0.3, 0.4) is 0 Å². The van der Waals surface area contributed by atoms with Crippen LogP contribution in [0.1, 0.15) is 0 Å². The molecule has 0 aromatic heterocycles. The minimum absolute atomic E-state index is 0.940. The van der Waals surface area contributed by atoms with Gasteiger partial charge in [0.2, 0.25) is 0 Å². The van der Waals surface area contributed by atoms with Gasteiger partial charge in [-0.05, 0) is 0 Å². The van der Waals surface area contributed by atoms with Crippen LogP contribution in [0.15, 0.2) is 0 Å². The van der Waals surface area contributed by atoms with Gasteiger partial charge in [-0.3, -0.25) is 0 Å². The molecule has 2 N–H and O–H groups in total. The molecule has 8 heteroatoms. The molecular formula is C2H6O6P2-2. The van der Waals surface area contributed by atoms with Crippen LogP contribution < -0.4 is 9.79 Å². The lowest BCUT2D eigenvalue weighted by molar-refractivity contribution is -0.198. The summed E-state index contributed by atoms with van der Waals surface area (Å²) in [5.74, 6) is 0. The van der Waals surface area contributed by atoms with E-state index in [1.807, 2.05) is 0 Å². The van der Waals surface area contributed by atoms with E-state index in [-0.39, 0.29) is 0 Å². The van der Waals surface area contributed by atoms with Crippen molar-refractivity contribution in [1.82, 2.24) is 0 Å². The van der Waals surface area contributed by atoms with E-state index in [1.165, 1.54) is 0 Å². The Labute approximate surface area is 57.2 Å². The van der Waals surface area contributed by atoms with Crippen molar-refractivity contribution in [3.05, 3.63) is 0 Å². The first kappa shape index (κ1) is 10.3. The Bertz CT molecular complexity index is 164. The van der Waals surface area contributed by atoms with Crippen molar-refractivity contribution in [1.29, 1.82) is 0 Å². The predicted molar refractivity (Wildman–Crippen MR) is 29.4 cm³/mol. The fourth-order valence-corrected chi connectivity index (χ4v) is 2.27. The maximum atomic E-state index is 9.89. The Hall–Kier alpha value is 0.300. The Morgan fingerprint density at radius 3 is 1.30 bits per heavy atom. The van der Waals surface area contributed by atoms with E-state index in [2.05, 4.69) is 0 Å². The molecule has 0 aliphatic heterocycles. The standard InChI is InChI=1S/C2H8O6P2/c3-9(4,5)1-2-10(6,7)8/h1-2H2,(H2,3,4,5)(H2,6,7,8)/p-2. The lowest BCUT2D eigenvalue weighted by atomic mass is 11.0. The van der Waals surface area contributed by atoms with E-state index in [4.69, 9.17) is 9.79 Å². The molecule has 0 radical (unpaired) electrons. The quantitative estimate of drug-likeness (QED) is 0.497. The van der Waals surface area contributed by atoms with Crippen molar-refractivity contribution in [3.8, 4) is 0 Å². The number of hydrogen-bond acceptors (Lipinski definition) is 4. The molecule has 0 saturated heterocycles. The molecule has 0 aliphatic rings. The molecule has 0 aromatic rings. The van der Waals surface area contributed by atoms with Gasteiger partial charge < -0.3 is 28.7 Å². The Morgan fingerprint density at radius 1 is 1.00 bits per heavy atom. The van der Waals surface area contributed by atoms with Crippen LogP contribution in [0.4, 0.5) is 0 Å². The zero-order valence-electron chi connectivity index (χ0n) is 4.84. The van der Waals surface area contributed by atoms with Crippen LogP contribution in [-0.4, -0.2) is 22.1 Å². The molecule has 62 valence electrons. The Kier molecular flexibility index (Phi) is 3.23. The maximum Gasteiger partial charge on any atom is 0.132 e. The van der Waals surface area contributed by atoms with Gasteiger partial charge in [0.1, 0.15) is 15.2 Å². The minimum atomic E-state index is -4.54. The van der Waals surface area contributed by atoms with Crippen molar-refractivity contribution < 1.29 is 28.7 Å². The summed E-state index contributed by atoms with van der Waals surface area (Å²) in [6.07, 6.45) is -1.88. The van der Waals surface area contributed by atoms with E-state index in [0.717, 1.165) is 0 Å².